The number of amides is 2. The number of phenolic OH excluding ortho intramolecular Hbond substituents is 1. The Labute approximate surface area is 105 Å². The second-order valence-corrected chi connectivity index (χ2v) is 4.36. The Balaban J connectivity index is 1.74. The van der Waals surface area contributed by atoms with Crippen LogP contribution in [-0.2, 0) is 4.79 Å². The van der Waals surface area contributed by atoms with Crippen LogP contribution in [0.2, 0.25) is 0 Å². The van der Waals surface area contributed by atoms with E-state index in [-0.39, 0.29) is 36.1 Å². The number of aromatic hydroxyl groups is 1. The second kappa shape index (κ2) is 5.53. The minimum absolute atomic E-state index is 0.0462. The molecule has 0 heterocycles. The maximum absolute atomic E-state index is 11.7. The van der Waals surface area contributed by atoms with Crippen LogP contribution in [-0.4, -0.2) is 29.5 Å². The van der Waals surface area contributed by atoms with Gasteiger partial charge in [0.1, 0.15) is 5.75 Å². The normalized spacial score (nSPS) is 14.0. The predicted molar refractivity (Wildman–Crippen MR) is 66.2 cm³/mol. The molecule has 2 rings (SSSR count). The summed E-state index contributed by atoms with van der Waals surface area (Å²) >= 11 is 0. The Morgan fingerprint density at radius 2 is 2.00 bits per heavy atom. The molecule has 1 aromatic carbocycles. The lowest BCUT2D eigenvalue weighted by Gasteiger charge is -2.06. The number of hydrogen-bond acceptors (Lipinski definition) is 3. The molecule has 1 aromatic rings. The van der Waals surface area contributed by atoms with Crippen LogP contribution in [0.15, 0.2) is 24.3 Å². The summed E-state index contributed by atoms with van der Waals surface area (Å²) in [4.78, 5) is 23.0. The van der Waals surface area contributed by atoms with E-state index in [1.807, 2.05) is 0 Å². The van der Waals surface area contributed by atoms with Crippen molar-refractivity contribution in [3.63, 3.8) is 0 Å². The smallest absolute Gasteiger partial charge is 0.255 e. The van der Waals surface area contributed by atoms with Gasteiger partial charge in [-0.05, 0) is 25.0 Å². The van der Waals surface area contributed by atoms with E-state index in [0.717, 1.165) is 12.8 Å². The van der Waals surface area contributed by atoms with Gasteiger partial charge in [0.2, 0.25) is 5.91 Å². The minimum atomic E-state index is -0.368. The number of hydrogen-bond donors (Lipinski definition) is 3. The maximum atomic E-state index is 11.7. The molecule has 3 N–H and O–H groups in total. The Morgan fingerprint density at radius 3 is 2.67 bits per heavy atom. The van der Waals surface area contributed by atoms with Crippen molar-refractivity contribution in [2.45, 2.75) is 25.3 Å². The number of benzene rings is 1. The number of nitrogens with one attached hydrogen (secondary N) is 2. The monoisotopic (exact) mass is 248 g/mol. The molecular weight excluding hydrogens is 232 g/mol. The molecule has 5 heteroatoms. The Kier molecular flexibility index (Phi) is 3.82. The van der Waals surface area contributed by atoms with Gasteiger partial charge in [-0.1, -0.05) is 12.1 Å². The van der Waals surface area contributed by atoms with Crippen molar-refractivity contribution >= 4 is 11.8 Å². The second-order valence-electron chi connectivity index (χ2n) is 4.36. The molecule has 1 aliphatic rings. The van der Waals surface area contributed by atoms with E-state index in [1.165, 1.54) is 12.1 Å². The van der Waals surface area contributed by atoms with E-state index in [9.17, 15) is 14.7 Å². The standard InChI is InChI=1S/C13H16N2O3/c16-11-4-2-1-3-10(11)13(18)14-8-7-12(17)15-9-5-6-9/h1-4,9,16H,5-8H2,(H,14,18)(H,15,17). The summed E-state index contributed by atoms with van der Waals surface area (Å²) in [6, 6.07) is 6.65. The van der Waals surface area contributed by atoms with Crippen LogP contribution in [0.5, 0.6) is 5.75 Å². The largest absolute Gasteiger partial charge is 0.507 e. The molecule has 0 unspecified atom stereocenters. The third-order valence-corrected chi connectivity index (χ3v) is 2.73. The Morgan fingerprint density at radius 1 is 1.28 bits per heavy atom. The summed E-state index contributed by atoms with van der Waals surface area (Å²) in [6.07, 6.45) is 2.36. The fourth-order valence-electron chi connectivity index (χ4n) is 1.58. The number of para-hydroxylation sites is 1. The van der Waals surface area contributed by atoms with Gasteiger partial charge in [0.15, 0.2) is 0 Å². The van der Waals surface area contributed by atoms with Gasteiger partial charge in [0, 0.05) is 19.0 Å². The average molecular weight is 248 g/mol. The van der Waals surface area contributed by atoms with Crippen LogP contribution in [0.1, 0.15) is 29.6 Å². The highest BCUT2D eigenvalue weighted by Gasteiger charge is 2.22. The van der Waals surface area contributed by atoms with Crippen molar-refractivity contribution in [3.8, 4) is 5.75 Å². The topological polar surface area (TPSA) is 78.4 Å². The molecule has 0 aromatic heterocycles. The van der Waals surface area contributed by atoms with E-state index in [0.29, 0.717) is 6.04 Å². The van der Waals surface area contributed by atoms with E-state index in [2.05, 4.69) is 10.6 Å². The molecule has 1 aliphatic carbocycles. The van der Waals surface area contributed by atoms with Gasteiger partial charge in [-0.25, -0.2) is 0 Å². The lowest BCUT2D eigenvalue weighted by atomic mass is 10.2. The molecule has 0 saturated heterocycles. The van der Waals surface area contributed by atoms with Crippen molar-refractivity contribution in [2.75, 3.05) is 6.54 Å². The van der Waals surface area contributed by atoms with Crippen molar-refractivity contribution in [1.82, 2.24) is 10.6 Å². The van der Waals surface area contributed by atoms with Crippen molar-refractivity contribution in [1.29, 1.82) is 0 Å². The summed E-state index contributed by atoms with van der Waals surface area (Å²) < 4.78 is 0. The lowest BCUT2D eigenvalue weighted by molar-refractivity contribution is -0.121. The highest BCUT2D eigenvalue weighted by atomic mass is 16.3. The molecule has 0 spiro atoms. The lowest BCUT2D eigenvalue weighted by Crippen LogP contribution is -2.31. The molecule has 2 amide bonds. The molecule has 0 bridgehead atoms. The molecule has 0 radical (unpaired) electrons. The SMILES string of the molecule is O=C(CCNC(=O)c1ccccc1O)NC1CC1. The summed E-state index contributed by atoms with van der Waals surface area (Å²) in [5, 5.41) is 14.9. The van der Waals surface area contributed by atoms with Crippen molar-refractivity contribution in [2.24, 2.45) is 0 Å². The predicted octanol–water partition coefficient (Wildman–Crippen LogP) is 0.791. The zero-order valence-electron chi connectivity index (χ0n) is 9.98. The molecule has 0 aliphatic heterocycles. The number of rotatable bonds is 5. The highest BCUT2D eigenvalue weighted by Crippen LogP contribution is 2.18. The van der Waals surface area contributed by atoms with Crippen LogP contribution < -0.4 is 10.6 Å². The molecular formula is C13H16N2O3. The summed E-state index contributed by atoms with van der Waals surface area (Å²) in [5.74, 6) is -0.472. The van der Waals surface area contributed by atoms with Crippen LogP contribution >= 0.6 is 0 Å². The van der Waals surface area contributed by atoms with Gasteiger partial charge in [0.05, 0.1) is 5.56 Å². The molecule has 96 valence electrons. The number of carbonyl (C=O) groups excluding carboxylic acids is 2. The Hall–Kier alpha value is -2.04. The summed E-state index contributed by atoms with van der Waals surface area (Å²) in [6.45, 7) is 0.270. The first kappa shape index (κ1) is 12.4. The van der Waals surface area contributed by atoms with Crippen LogP contribution in [0, 0.1) is 0 Å². The molecule has 1 fully saturated rings. The maximum Gasteiger partial charge on any atom is 0.255 e. The highest BCUT2D eigenvalue weighted by molar-refractivity contribution is 5.96. The first-order chi connectivity index (χ1) is 8.66. The van der Waals surface area contributed by atoms with Gasteiger partial charge >= 0.3 is 0 Å². The zero-order chi connectivity index (χ0) is 13.0. The Bertz CT molecular complexity index is 455. The summed E-state index contributed by atoms with van der Waals surface area (Å²) in [5.41, 5.74) is 0.222. The van der Waals surface area contributed by atoms with E-state index < -0.39 is 0 Å². The van der Waals surface area contributed by atoms with Crippen LogP contribution in [0.3, 0.4) is 0 Å². The first-order valence-corrected chi connectivity index (χ1v) is 6.02. The van der Waals surface area contributed by atoms with Gasteiger partial charge in [-0.3, -0.25) is 9.59 Å². The molecule has 1 saturated carbocycles. The minimum Gasteiger partial charge on any atom is -0.507 e. The summed E-state index contributed by atoms with van der Waals surface area (Å²) in [7, 11) is 0. The number of phenols is 1. The fraction of sp³-hybridized carbons (Fsp3) is 0.385. The third-order valence-electron chi connectivity index (χ3n) is 2.73. The molecule has 18 heavy (non-hydrogen) atoms. The van der Waals surface area contributed by atoms with Gasteiger partial charge in [-0.2, -0.15) is 0 Å². The molecule has 5 nitrogen and oxygen atoms in total. The van der Waals surface area contributed by atoms with Gasteiger partial charge in [-0.15, -0.1) is 0 Å². The van der Waals surface area contributed by atoms with E-state index >= 15 is 0 Å². The average Bonchev–Trinajstić information content (AvgIpc) is 3.13. The van der Waals surface area contributed by atoms with Gasteiger partial charge in [0.25, 0.3) is 5.91 Å². The number of carbonyl (C=O) groups is 2. The first-order valence-electron chi connectivity index (χ1n) is 6.02. The van der Waals surface area contributed by atoms with Crippen LogP contribution in [0.4, 0.5) is 0 Å². The van der Waals surface area contributed by atoms with Crippen molar-refractivity contribution < 1.29 is 14.7 Å². The quantitative estimate of drug-likeness (QED) is 0.721. The van der Waals surface area contributed by atoms with Crippen LogP contribution in [0.25, 0.3) is 0 Å². The van der Waals surface area contributed by atoms with Crippen molar-refractivity contribution in [3.05, 3.63) is 29.8 Å². The van der Waals surface area contributed by atoms with Gasteiger partial charge < -0.3 is 15.7 Å². The van der Waals surface area contributed by atoms with E-state index in [1.54, 1.807) is 12.1 Å². The molecule has 0 atom stereocenters. The third kappa shape index (κ3) is 3.48. The van der Waals surface area contributed by atoms with E-state index in [4.69, 9.17) is 0 Å². The fourth-order valence-corrected chi connectivity index (χ4v) is 1.58. The zero-order valence-corrected chi connectivity index (χ0v) is 9.98.